The molecule has 0 saturated carbocycles. The Hall–Kier alpha value is -1.61. The molecule has 1 fully saturated rings. The summed E-state index contributed by atoms with van der Waals surface area (Å²) in [6.45, 7) is 5.30. The molecule has 2 unspecified atom stereocenters. The highest BCUT2D eigenvalue weighted by Crippen LogP contribution is 2.24. The molecule has 3 heteroatoms. The number of para-hydroxylation sites is 1. The summed E-state index contributed by atoms with van der Waals surface area (Å²) < 4.78 is 5.82. The van der Waals surface area contributed by atoms with Gasteiger partial charge in [0.25, 0.3) is 0 Å². The van der Waals surface area contributed by atoms with Crippen molar-refractivity contribution in [3.63, 3.8) is 0 Å². The van der Waals surface area contributed by atoms with Crippen molar-refractivity contribution in [3.05, 3.63) is 36.5 Å². The van der Waals surface area contributed by atoms with Gasteiger partial charge in [-0.1, -0.05) is 32.0 Å². The molecule has 2 heterocycles. The molecule has 3 rings (SSSR count). The van der Waals surface area contributed by atoms with Crippen LogP contribution in [0.5, 0.6) is 0 Å². The zero-order valence-corrected chi connectivity index (χ0v) is 12.2. The average molecular weight is 270 g/mol. The van der Waals surface area contributed by atoms with Crippen molar-refractivity contribution in [1.82, 2.24) is 4.98 Å². The van der Waals surface area contributed by atoms with Crippen LogP contribution in [-0.4, -0.2) is 23.7 Å². The van der Waals surface area contributed by atoms with Crippen LogP contribution in [0.3, 0.4) is 0 Å². The summed E-state index contributed by atoms with van der Waals surface area (Å²) in [5.74, 6) is 0.578. The molecule has 1 saturated heterocycles. The first-order valence-corrected chi connectivity index (χ1v) is 7.45. The van der Waals surface area contributed by atoms with Gasteiger partial charge in [-0.25, -0.2) is 0 Å². The van der Waals surface area contributed by atoms with Crippen LogP contribution >= 0.6 is 0 Å². The highest BCUT2D eigenvalue weighted by Gasteiger charge is 2.24. The summed E-state index contributed by atoms with van der Waals surface area (Å²) >= 11 is 0. The molecule has 2 atom stereocenters. The molecule has 1 aliphatic rings. The van der Waals surface area contributed by atoms with Crippen molar-refractivity contribution in [2.24, 2.45) is 5.92 Å². The Kier molecular flexibility index (Phi) is 3.88. The molecule has 20 heavy (non-hydrogen) atoms. The molecule has 106 valence electrons. The lowest BCUT2D eigenvalue weighted by Gasteiger charge is -2.32. The fraction of sp³-hybridized carbons (Fsp3) is 0.471. The van der Waals surface area contributed by atoms with E-state index in [0.29, 0.717) is 18.1 Å². The van der Waals surface area contributed by atoms with Gasteiger partial charge in [0.15, 0.2) is 0 Å². The predicted octanol–water partition coefficient (Wildman–Crippen LogP) is 3.85. The largest absolute Gasteiger partial charge is 0.381 e. The Balaban J connectivity index is 1.72. The Morgan fingerprint density at radius 2 is 2.15 bits per heavy atom. The van der Waals surface area contributed by atoms with Crippen LogP contribution in [0.4, 0.5) is 5.69 Å². The molecule has 0 amide bonds. The number of aromatic nitrogens is 1. The first-order chi connectivity index (χ1) is 9.72. The number of hydrogen-bond acceptors (Lipinski definition) is 3. The summed E-state index contributed by atoms with van der Waals surface area (Å²) in [5.41, 5.74) is 2.16. The van der Waals surface area contributed by atoms with Gasteiger partial charge in [-0.3, -0.25) is 4.98 Å². The number of hydrogen-bond donors (Lipinski definition) is 1. The molecule has 1 aliphatic heterocycles. The summed E-state index contributed by atoms with van der Waals surface area (Å²) in [4.78, 5) is 4.51. The second-order valence-corrected chi connectivity index (χ2v) is 5.94. The van der Waals surface area contributed by atoms with E-state index in [0.717, 1.165) is 30.7 Å². The van der Waals surface area contributed by atoms with E-state index >= 15 is 0 Å². The second kappa shape index (κ2) is 5.80. The minimum Gasteiger partial charge on any atom is -0.381 e. The van der Waals surface area contributed by atoms with Crippen LogP contribution in [0, 0.1) is 5.92 Å². The number of rotatable bonds is 3. The van der Waals surface area contributed by atoms with E-state index in [1.807, 2.05) is 18.3 Å². The molecule has 0 spiro atoms. The van der Waals surface area contributed by atoms with E-state index in [-0.39, 0.29) is 0 Å². The van der Waals surface area contributed by atoms with Gasteiger partial charge in [-0.2, -0.15) is 0 Å². The molecule has 3 nitrogen and oxygen atoms in total. The fourth-order valence-corrected chi connectivity index (χ4v) is 2.81. The number of pyridine rings is 1. The number of nitrogens with one attached hydrogen (secondary N) is 1. The van der Waals surface area contributed by atoms with Gasteiger partial charge in [-0.05, 0) is 30.9 Å². The van der Waals surface area contributed by atoms with Crippen molar-refractivity contribution in [1.29, 1.82) is 0 Å². The number of anilines is 1. The van der Waals surface area contributed by atoms with Crippen molar-refractivity contribution < 1.29 is 4.74 Å². The summed E-state index contributed by atoms with van der Waals surface area (Å²) in [7, 11) is 0. The van der Waals surface area contributed by atoms with Crippen LogP contribution in [0.25, 0.3) is 10.9 Å². The third-order valence-corrected chi connectivity index (χ3v) is 4.02. The van der Waals surface area contributed by atoms with Crippen molar-refractivity contribution in [2.75, 3.05) is 11.9 Å². The van der Waals surface area contributed by atoms with Gasteiger partial charge >= 0.3 is 0 Å². The summed E-state index contributed by atoms with van der Waals surface area (Å²) in [5, 5.41) is 4.80. The van der Waals surface area contributed by atoms with Gasteiger partial charge in [0.1, 0.15) is 0 Å². The molecular formula is C17H22N2O. The average Bonchev–Trinajstić information content (AvgIpc) is 2.47. The van der Waals surface area contributed by atoms with Crippen molar-refractivity contribution >= 4 is 16.6 Å². The highest BCUT2D eigenvalue weighted by atomic mass is 16.5. The van der Waals surface area contributed by atoms with Crippen LogP contribution in [-0.2, 0) is 4.74 Å². The number of nitrogens with zero attached hydrogens (tertiary/aromatic N) is 1. The minimum absolute atomic E-state index is 0.370. The van der Waals surface area contributed by atoms with Gasteiger partial charge in [0, 0.05) is 18.0 Å². The lowest BCUT2D eigenvalue weighted by atomic mass is 9.95. The van der Waals surface area contributed by atoms with Gasteiger partial charge in [0.2, 0.25) is 0 Å². The van der Waals surface area contributed by atoms with E-state index in [9.17, 15) is 0 Å². The molecule has 0 aliphatic carbocycles. The predicted molar refractivity (Wildman–Crippen MR) is 83.0 cm³/mol. The lowest BCUT2D eigenvalue weighted by molar-refractivity contribution is -0.0160. The van der Waals surface area contributed by atoms with E-state index < -0.39 is 0 Å². The molecule has 1 aromatic heterocycles. The van der Waals surface area contributed by atoms with Crippen LogP contribution < -0.4 is 5.32 Å². The molecule has 1 N–H and O–H groups in total. The standard InChI is InChI=1S/C17H22N2O/c1-12(2)17-10-14(7-8-20-17)19-15-9-13-5-3-4-6-16(13)18-11-15/h3-6,9,11-12,14,17,19H,7-8,10H2,1-2H3. The van der Waals surface area contributed by atoms with Crippen molar-refractivity contribution in [2.45, 2.75) is 38.8 Å². The number of benzene rings is 1. The zero-order valence-electron chi connectivity index (χ0n) is 12.2. The van der Waals surface area contributed by atoms with Crippen LogP contribution in [0.1, 0.15) is 26.7 Å². The third-order valence-electron chi connectivity index (χ3n) is 4.02. The SMILES string of the molecule is CC(C)C1CC(Nc2cnc3ccccc3c2)CCO1. The van der Waals surface area contributed by atoms with Crippen LogP contribution in [0.15, 0.2) is 36.5 Å². The Labute approximate surface area is 120 Å². The topological polar surface area (TPSA) is 34.2 Å². The van der Waals surface area contributed by atoms with E-state index in [1.54, 1.807) is 0 Å². The molecule has 0 bridgehead atoms. The summed E-state index contributed by atoms with van der Waals surface area (Å²) in [6, 6.07) is 10.9. The molecular weight excluding hydrogens is 248 g/mol. The maximum Gasteiger partial charge on any atom is 0.0703 e. The lowest BCUT2D eigenvalue weighted by Crippen LogP contribution is -2.36. The van der Waals surface area contributed by atoms with Crippen molar-refractivity contribution in [3.8, 4) is 0 Å². The van der Waals surface area contributed by atoms with E-state index in [1.165, 1.54) is 5.39 Å². The minimum atomic E-state index is 0.370. The normalized spacial score (nSPS) is 23.1. The van der Waals surface area contributed by atoms with E-state index in [4.69, 9.17) is 4.74 Å². The first-order valence-electron chi connectivity index (χ1n) is 7.45. The fourth-order valence-electron chi connectivity index (χ4n) is 2.81. The van der Waals surface area contributed by atoms with Gasteiger partial charge < -0.3 is 10.1 Å². The number of fused-ring (bicyclic) bond motifs is 1. The third kappa shape index (κ3) is 2.93. The monoisotopic (exact) mass is 270 g/mol. The Bertz CT molecular complexity index is 582. The second-order valence-electron chi connectivity index (χ2n) is 5.94. The Morgan fingerprint density at radius 1 is 1.30 bits per heavy atom. The van der Waals surface area contributed by atoms with Gasteiger partial charge in [-0.15, -0.1) is 0 Å². The Morgan fingerprint density at radius 3 is 3.00 bits per heavy atom. The smallest absolute Gasteiger partial charge is 0.0703 e. The highest BCUT2D eigenvalue weighted by molar-refractivity contribution is 5.81. The van der Waals surface area contributed by atoms with Gasteiger partial charge in [0.05, 0.1) is 23.5 Å². The molecule has 2 aromatic rings. The number of ether oxygens (including phenoxy) is 1. The summed E-state index contributed by atoms with van der Waals surface area (Å²) in [6.07, 6.45) is 4.44. The first kappa shape index (κ1) is 13.4. The van der Waals surface area contributed by atoms with Crippen LogP contribution in [0.2, 0.25) is 0 Å². The zero-order chi connectivity index (χ0) is 13.9. The molecule has 1 aromatic carbocycles. The maximum absolute atomic E-state index is 5.82. The van der Waals surface area contributed by atoms with E-state index in [2.05, 4.69) is 42.3 Å². The maximum atomic E-state index is 5.82. The molecule has 0 radical (unpaired) electrons. The quantitative estimate of drug-likeness (QED) is 0.920.